The van der Waals surface area contributed by atoms with E-state index < -0.39 is 0 Å². The molecule has 0 aliphatic heterocycles. The zero-order valence-corrected chi connectivity index (χ0v) is 19.3. The van der Waals surface area contributed by atoms with Crippen LogP contribution in [0, 0.1) is 0 Å². The summed E-state index contributed by atoms with van der Waals surface area (Å²) in [6, 6.07) is 18.2. The van der Waals surface area contributed by atoms with Crippen LogP contribution >= 0.6 is 23.2 Å². The molecule has 31 heavy (non-hydrogen) atoms. The van der Waals surface area contributed by atoms with Crippen LogP contribution in [-0.4, -0.2) is 12.5 Å². The monoisotopic (exact) mass is 457 g/mol. The van der Waals surface area contributed by atoms with E-state index in [1.807, 2.05) is 25.1 Å². The average Bonchev–Trinajstić information content (AvgIpc) is 2.75. The van der Waals surface area contributed by atoms with Crippen LogP contribution < -0.4 is 14.8 Å². The Morgan fingerprint density at radius 2 is 1.74 bits per heavy atom. The van der Waals surface area contributed by atoms with Crippen molar-refractivity contribution < 1.29 is 14.3 Å². The molecule has 0 saturated carbocycles. The summed E-state index contributed by atoms with van der Waals surface area (Å²) in [5, 5.41) is 3.70. The molecule has 1 N–H and O–H groups in total. The predicted molar refractivity (Wildman–Crippen MR) is 127 cm³/mol. The smallest absolute Gasteiger partial charge is 0.255 e. The van der Waals surface area contributed by atoms with E-state index in [9.17, 15) is 4.79 Å². The first-order valence-electron chi connectivity index (χ1n) is 10.1. The Bertz CT molecular complexity index is 1070. The number of hydrogen-bond donors (Lipinski definition) is 1. The van der Waals surface area contributed by atoms with Gasteiger partial charge in [0.2, 0.25) is 0 Å². The van der Waals surface area contributed by atoms with Gasteiger partial charge in [-0.3, -0.25) is 4.79 Å². The lowest BCUT2D eigenvalue weighted by atomic mass is 10.0. The summed E-state index contributed by atoms with van der Waals surface area (Å²) >= 11 is 12.1. The van der Waals surface area contributed by atoms with E-state index in [0.29, 0.717) is 39.6 Å². The summed E-state index contributed by atoms with van der Waals surface area (Å²) in [6.07, 6.45) is 0. The fourth-order valence-electron chi connectivity index (χ4n) is 3.16. The van der Waals surface area contributed by atoms with Crippen molar-refractivity contribution in [3.8, 4) is 11.5 Å². The minimum Gasteiger partial charge on any atom is -0.493 e. The highest BCUT2D eigenvalue weighted by atomic mass is 35.5. The molecule has 0 aromatic heterocycles. The second-order valence-corrected chi connectivity index (χ2v) is 8.16. The highest BCUT2D eigenvalue weighted by Crippen LogP contribution is 2.29. The first kappa shape index (κ1) is 23.0. The number of carbonyl (C=O) groups is 1. The van der Waals surface area contributed by atoms with E-state index >= 15 is 0 Å². The van der Waals surface area contributed by atoms with Crippen molar-refractivity contribution >= 4 is 34.8 Å². The zero-order chi connectivity index (χ0) is 22.4. The van der Waals surface area contributed by atoms with E-state index in [4.69, 9.17) is 32.7 Å². The van der Waals surface area contributed by atoms with Crippen molar-refractivity contribution in [2.45, 2.75) is 33.3 Å². The second kappa shape index (κ2) is 10.6. The molecule has 0 spiro atoms. The van der Waals surface area contributed by atoms with Crippen molar-refractivity contribution in [2.75, 3.05) is 11.9 Å². The van der Waals surface area contributed by atoms with E-state index in [1.54, 1.807) is 36.4 Å². The topological polar surface area (TPSA) is 47.6 Å². The van der Waals surface area contributed by atoms with E-state index in [2.05, 4.69) is 25.2 Å². The van der Waals surface area contributed by atoms with Crippen molar-refractivity contribution in [1.82, 2.24) is 0 Å². The molecule has 0 aliphatic carbocycles. The maximum atomic E-state index is 12.8. The van der Waals surface area contributed by atoms with Crippen LogP contribution in [0.4, 0.5) is 5.69 Å². The standard InChI is InChI=1S/C25H25Cl2NO3/c1-4-30-23-12-9-17(25(29)28-22-11-10-19(26)14-21(22)27)13-18(23)15-31-24-8-6-5-7-20(24)16(2)3/h5-14,16H,4,15H2,1-3H3,(H,28,29). The molecular weight excluding hydrogens is 433 g/mol. The van der Waals surface area contributed by atoms with Gasteiger partial charge in [0.1, 0.15) is 18.1 Å². The Kier molecular flexibility index (Phi) is 7.83. The van der Waals surface area contributed by atoms with Gasteiger partial charge in [0.05, 0.1) is 17.3 Å². The van der Waals surface area contributed by atoms with Crippen LogP contribution in [0.3, 0.4) is 0 Å². The van der Waals surface area contributed by atoms with Crippen molar-refractivity contribution in [3.63, 3.8) is 0 Å². The fraction of sp³-hybridized carbons (Fsp3) is 0.240. The van der Waals surface area contributed by atoms with E-state index in [-0.39, 0.29) is 12.5 Å². The Morgan fingerprint density at radius 3 is 2.45 bits per heavy atom. The van der Waals surface area contributed by atoms with Gasteiger partial charge in [-0.1, -0.05) is 55.2 Å². The Morgan fingerprint density at radius 1 is 0.968 bits per heavy atom. The molecule has 3 rings (SSSR count). The number of anilines is 1. The molecule has 0 atom stereocenters. The van der Waals surface area contributed by atoms with Gasteiger partial charge in [-0.05, 0) is 60.9 Å². The maximum absolute atomic E-state index is 12.8. The number of para-hydroxylation sites is 1. The molecular formula is C25H25Cl2NO3. The molecule has 0 fully saturated rings. The molecule has 162 valence electrons. The van der Waals surface area contributed by atoms with Crippen LogP contribution in [0.25, 0.3) is 0 Å². The first-order chi connectivity index (χ1) is 14.9. The molecule has 0 radical (unpaired) electrons. The second-order valence-electron chi connectivity index (χ2n) is 7.32. The summed E-state index contributed by atoms with van der Waals surface area (Å²) in [7, 11) is 0. The summed E-state index contributed by atoms with van der Waals surface area (Å²) in [5.41, 5.74) is 2.89. The number of carbonyl (C=O) groups excluding carboxylic acids is 1. The number of hydrogen-bond acceptors (Lipinski definition) is 3. The average molecular weight is 458 g/mol. The lowest BCUT2D eigenvalue weighted by Gasteiger charge is -2.16. The Hall–Kier alpha value is -2.69. The molecule has 0 saturated heterocycles. The number of nitrogens with one attached hydrogen (secondary N) is 1. The summed E-state index contributed by atoms with van der Waals surface area (Å²) in [5.74, 6) is 1.56. The van der Waals surface area contributed by atoms with E-state index in [1.165, 1.54) is 0 Å². The minimum absolute atomic E-state index is 0.280. The first-order valence-corrected chi connectivity index (χ1v) is 10.9. The lowest BCUT2D eigenvalue weighted by molar-refractivity contribution is 0.102. The minimum atomic E-state index is -0.281. The molecule has 0 unspecified atom stereocenters. The summed E-state index contributed by atoms with van der Waals surface area (Å²) in [6.45, 7) is 6.96. The van der Waals surface area contributed by atoms with Crippen LogP contribution in [0.2, 0.25) is 10.0 Å². The molecule has 1 amide bonds. The van der Waals surface area contributed by atoms with Crippen LogP contribution in [0.1, 0.15) is 48.2 Å². The lowest BCUT2D eigenvalue weighted by Crippen LogP contribution is -2.13. The number of ether oxygens (including phenoxy) is 2. The summed E-state index contributed by atoms with van der Waals surface area (Å²) < 4.78 is 11.9. The molecule has 3 aromatic carbocycles. The van der Waals surface area contributed by atoms with Gasteiger partial charge in [-0.15, -0.1) is 0 Å². The Labute approximate surface area is 193 Å². The third kappa shape index (κ3) is 5.93. The van der Waals surface area contributed by atoms with Crippen molar-refractivity contribution in [3.05, 3.63) is 87.4 Å². The highest BCUT2D eigenvalue weighted by molar-refractivity contribution is 6.36. The zero-order valence-electron chi connectivity index (χ0n) is 17.7. The van der Waals surface area contributed by atoms with Gasteiger partial charge < -0.3 is 14.8 Å². The largest absolute Gasteiger partial charge is 0.493 e. The maximum Gasteiger partial charge on any atom is 0.255 e. The van der Waals surface area contributed by atoms with Gasteiger partial charge in [0, 0.05) is 16.1 Å². The van der Waals surface area contributed by atoms with Crippen LogP contribution in [0.15, 0.2) is 60.7 Å². The number of amides is 1. The summed E-state index contributed by atoms with van der Waals surface area (Å²) in [4.78, 5) is 12.8. The molecule has 0 bridgehead atoms. The van der Waals surface area contributed by atoms with Gasteiger partial charge >= 0.3 is 0 Å². The highest BCUT2D eigenvalue weighted by Gasteiger charge is 2.14. The van der Waals surface area contributed by atoms with E-state index in [0.717, 1.165) is 16.9 Å². The van der Waals surface area contributed by atoms with Crippen molar-refractivity contribution in [1.29, 1.82) is 0 Å². The van der Waals surface area contributed by atoms with Gasteiger partial charge in [0.25, 0.3) is 5.91 Å². The number of rotatable bonds is 8. The van der Waals surface area contributed by atoms with Crippen molar-refractivity contribution in [2.24, 2.45) is 0 Å². The number of halogens is 2. The quantitative estimate of drug-likeness (QED) is 0.384. The SMILES string of the molecule is CCOc1ccc(C(=O)Nc2ccc(Cl)cc2Cl)cc1COc1ccccc1C(C)C. The molecule has 3 aromatic rings. The Balaban J connectivity index is 1.83. The third-order valence-corrected chi connectivity index (χ3v) is 5.27. The predicted octanol–water partition coefficient (Wildman–Crippen LogP) is 7.35. The normalized spacial score (nSPS) is 10.8. The fourth-order valence-corrected chi connectivity index (χ4v) is 3.62. The van der Waals surface area contributed by atoms with Gasteiger partial charge in [-0.2, -0.15) is 0 Å². The van der Waals surface area contributed by atoms with Gasteiger partial charge in [0.15, 0.2) is 0 Å². The molecule has 6 heteroatoms. The van der Waals surface area contributed by atoms with Crippen LogP contribution in [-0.2, 0) is 6.61 Å². The number of benzene rings is 3. The third-order valence-electron chi connectivity index (χ3n) is 4.73. The van der Waals surface area contributed by atoms with Gasteiger partial charge in [-0.25, -0.2) is 0 Å². The molecule has 0 aliphatic rings. The molecule has 4 nitrogen and oxygen atoms in total. The molecule has 0 heterocycles. The van der Waals surface area contributed by atoms with Crippen LogP contribution in [0.5, 0.6) is 11.5 Å².